The lowest BCUT2D eigenvalue weighted by Gasteiger charge is -2.33. The highest BCUT2D eigenvalue weighted by Gasteiger charge is 2.23. The van der Waals surface area contributed by atoms with E-state index in [9.17, 15) is 8.42 Å². The van der Waals surface area contributed by atoms with Gasteiger partial charge >= 0.3 is 0 Å². The lowest BCUT2D eigenvalue weighted by Crippen LogP contribution is -2.50. The molecular formula is C13H28N4O2S. The van der Waals surface area contributed by atoms with Crippen LogP contribution in [0.5, 0.6) is 0 Å². The molecule has 0 saturated carbocycles. The van der Waals surface area contributed by atoms with Crippen molar-refractivity contribution in [3.05, 3.63) is 0 Å². The molecule has 6 nitrogen and oxygen atoms in total. The van der Waals surface area contributed by atoms with Crippen molar-refractivity contribution < 1.29 is 8.42 Å². The molecular weight excluding hydrogens is 276 g/mol. The van der Waals surface area contributed by atoms with Gasteiger partial charge in [0.2, 0.25) is 0 Å². The number of likely N-dealkylation sites (tertiary alicyclic amines) is 1. The average Bonchev–Trinajstić information content (AvgIpc) is 2.46. The Bertz CT molecular complexity index is 382. The quantitative estimate of drug-likeness (QED) is 0.678. The minimum Gasteiger partial charge on any atom is -0.314 e. The zero-order chi connectivity index (χ0) is 14.4. The van der Waals surface area contributed by atoms with Gasteiger partial charge in [-0.2, -0.15) is 12.7 Å². The third-order valence-electron chi connectivity index (χ3n) is 4.26. The van der Waals surface area contributed by atoms with E-state index in [1.165, 1.54) is 23.6 Å². The molecule has 0 aromatic carbocycles. The van der Waals surface area contributed by atoms with Crippen LogP contribution in [0.15, 0.2) is 0 Å². The molecule has 2 aliphatic heterocycles. The van der Waals surface area contributed by atoms with Crippen LogP contribution in [0.4, 0.5) is 0 Å². The standard InChI is InChI=1S/C13H28N4O2S/c1-13-5-2-3-9-16(13)10-4-6-15-20(18,19)17-11-7-14-8-12-17/h13-15H,2-12H2,1H3. The van der Waals surface area contributed by atoms with Gasteiger partial charge in [0, 0.05) is 38.8 Å². The van der Waals surface area contributed by atoms with Gasteiger partial charge in [0.05, 0.1) is 0 Å². The van der Waals surface area contributed by atoms with Gasteiger partial charge in [-0.3, -0.25) is 0 Å². The zero-order valence-electron chi connectivity index (χ0n) is 12.5. The molecule has 2 rings (SSSR count). The van der Waals surface area contributed by atoms with Crippen molar-refractivity contribution in [1.82, 2.24) is 19.2 Å². The zero-order valence-corrected chi connectivity index (χ0v) is 13.3. The molecule has 2 heterocycles. The van der Waals surface area contributed by atoms with E-state index >= 15 is 0 Å². The first kappa shape index (κ1) is 16.2. The van der Waals surface area contributed by atoms with Crippen LogP contribution >= 0.6 is 0 Å². The summed E-state index contributed by atoms with van der Waals surface area (Å²) in [7, 11) is -3.28. The highest BCUT2D eigenvalue weighted by molar-refractivity contribution is 7.87. The third-order valence-corrected chi connectivity index (χ3v) is 5.88. The van der Waals surface area contributed by atoms with Crippen LogP contribution < -0.4 is 10.0 Å². The van der Waals surface area contributed by atoms with Crippen LogP contribution in [0.1, 0.15) is 32.6 Å². The monoisotopic (exact) mass is 304 g/mol. The van der Waals surface area contributed by atoms with E-state index in [4.69, 9.17) is 0 Å². The van der Waals surface area contributed by atoms with Gasteiger partial charge in [0.15, 0.2) is 0 Å². The Labute approximate surface area is 123 Å². The van der Waals surface area contributed by atoms with Crippen molar-refractivity contribution in [2.24, 2.45) is 0 Å². The fourth-order valence-corrected chi connectivity index (χ4v) is 4.20. The summed E-state index contributed by atoms with van der Waals surface area (Å²) in [6, 6.07) is 0.647. The van der Waals surface area contributed by atoms with E-state index in [1.807, 2.05) is 0 Å². The molecule has 118 valence electrons. The van der Waals surface area contributed by atoms with Gasteiger partial charge in [-0.25, -0.2) is 4.72 Å². The van der Waals surface area contributed by atoms with Gasteiger partial charge in [0.1, 0.15) is 0 Å². The molecule has 0 aromatic heterocycles. The lowest BCUT2D eigenvalue weighted by molar-refractivity contribution is 0.159. The number of piperazine rings is 1. The van der Waals surface area contributed by atoms with E-state index in [1.54, 1.807) is 0 Å². The number of hydrogen-bond acceptors (Lipinski definition) is 4. The Morgan fingerprint density at radius 2 is 1.95 bits per heavy atom. The Kier molecular flexibility index (Phi) is 6.22. The smallest absolute Gasteiger partial charge is 0.279 e. The number of hydrogen-bond donors (Lipinski definition) is 2. The molecule has 7 heteroatoms. The van der Waals surface area contributed by atoms with Crippen LogP contribution in [-0.2, 0) is 10.2 Å². The number of nitrogens with one attached hydrogen (secondary N) is 2. The summed E-state index contributed by atoms with van der Waals surface area (Å²) in [6.07, 6.45) is 4.76. The molecule has 0 spiro atoms. The topological polar surface area (TPSA) is 64.7 Å². The molecule has 0 radical (unpaired) electrons. The predicted octanol–water partition coefficient (Wildman–Crippen LogP) is -0.00950. The minimum atomic E-state index is -3.28. The van der Waals surface area contributed by atoms with Crippen LogP contribution in [0.25, 0.3) is 0 Å². The van der Waals surface area contributed by atoms with Gasteiger partial charge in [-0.05, 0) is 39.3 Å². The Balaban J connectivity index is 1.66. The summed E-state index contributed by atoms with van der Waals surface area (Å²) in [5.41, 5.74) is 0. The normalized spacial score (nSPS) is 26.8. The first-order valence-electron chi connectivity index (χ1n) is 7.79. The van der Waals surface area contributed by atoms with Crippen LogP contribution in [0.3, 0.4) is 0 Å². The van der Waals surface area contributed by atoms with Crippen molar-refractivity contribution in [2.75, 3.05) is 45.8 Å². The fraction of sp³-hybridized carbons (Fsp3) is 1.00. The van der Waals surface area contributed by atoms with Crippen LogP contribution in [0, 0.1) is 0 Å². The molecule has 0 aliphatic carbocycles. The maximum absolute atomic E-state index is 12.1. The first-order chi connectivity index (χ1) is 9.59. The predicted molar refractivity (Wildman–Crippen MR) is 80.9 cm³/mol. The summed E-state index contributed by atoms with van der Waals surface area (Å²) in [6.45, 7) is 7.58. The molecule has 0 aromatic rings. The fourth-order valence-electron chi connectivity index (χ4n) is 2.95. The molecule has 0 amide bonds. The minimum absolute atomic E-state index is 0.537. The maximum atomic E-state index is 12.1. The van der Waals surface area contributed by atoms with Gasteiger partial charge in [-0.1, -0.05) is 6.42 Å². The average molecular weight is 304 g/mol. The van der Waals surface area contributed by atoms with E-state index in [0.29, 0.717) is 25.7 Å². The largest absolute Gasteiger partial charge is 0.314 e. The Morgan fingerprint density at radius 1 is 1.20 bits per heavy atom. The SMILES string of the molecule is CC1CCCCN1CCCNS(=O)(=O)N1CCNCC1. The lowest BCUT2D eigenvalue weighted by atomic mass is 10.0. The van der Waals surface area contributed by atoms with E-state index in [2.05, 4.69) is 21.9 Å². The summed E-state index contributed by atoms with van der Waals surface area (Å²) in [5, 5.41) is 3.16. The van der Waals surface area contributed by atoms with Crippen molar-refractivity contribution in [2.45, 2.75) is 38.6 Å². The molecule has 1 unspecified atom stereocenters. The van der Waals surface area contributed by atoms with Gasteiger partial charge < -0.3 is 10.2 Å². The molecule has 1 atom stereocenters. The van der Waals surface area contributed by atoms with Crippen molar-refractivity contribution >= 4 is 10.2 Å². The van der Waals surface area contributed by atoms with Crippen molar-refractivity contribution in [3.63, 3.8) is 0 Å². The van der Waals surface area contributed by atoms with Gasteiger partial charge in [0.25, 0.3) is 10.2 Å². The molecule has 20 heavy (non-hydrogen) atoms. The van der Waals surface area contributed by atoms with Crippen LogP contribution in [0.2, 0.25) is 0 Å². The second kappa shape index (κ2) is 7.70. The second-order valence-electron chi connectivity index (χ2n) is 5.78. The van der Waals surface area contributed by atoms with E-state index < -0.39 is 10.2 Å². The highest BCUT2D eigenvalue weighted by atomic mass is 32.2. The van der Waals surface area contributed by atoms with Gasteiger partial charge in [-0.15, -0.1) is 0 Å². The number of nitrogens with zero attached hydrogens (tertiary/aromatic N) is 2. The molecule has 2 N–H and O–H groups in total. The Hall–Kier alpha value is -0.210. The summed E-state index contributed by atoms with van der Waals surface area (Å²) >= 11 is 0. The molecule has 0 bridgehead atoms. The highest BCUT2D eigenvalue weighted by Crippen LogP contribution is 2.16. The van der Waals surface area contributed by atoms with Crippen molar-refractivity contribution in [3.8, 4) is 0 Å². The van der Waals surface area contributed by atoms with Crippen LogP contribution in [-0.4, -0.2) is 69.5 Å². The molecule has 2 aliphatic rings. The van der Waals surface area contributed by atoms with E-state index in [0.717, 1.165) is 32.6 Å². The Morgan fingerprint density at radius 3 is 2.65 bits per heavy atom. The number of rotatable bonds is 6. The summed E-state index contributed by atoms with van der Waals surface area (Å²) in [5.74, 6) is 0. The second-order valence-corrected chi connectivity index (χ2v) is 7.54. The van der Waals surface area contributed by atoms with Crippen molar-refractivity contribution in [1.29, 1.82) is 0 Å². The number of piperidine rings is 1. The summed E-state index contributed by atoms with van der Waals surface area (Å²) in [4.78, 5) is 2.47. The van der Waals surface area contributed by atoms with E-state index in [-0.39, 0.29) is 0 Å². The maximum Gasteiger partial charge on any atom is 0.279 e. The molecule has 2 fully saturated rings. The summed E-state index contributed by atoms with van der Waals surface area (Å²) < 4.78 is 28.4. The third kappa shape index (κ3) is 4.66. The molecule has 2 saturated heterocycles. The first-order valence-corrected chi connectivity index (χ1v) is 9.23.